The molecule has 1 heterocycles. The summed E-state index contributed by atoms with van der Waals surface area (Å²) in [7, 11) is 1.20. The van der Waals surface area contributed by atoms with Gasteiger partial charge in [0.2, 0.25) is 0 Å². The zero-order chi connectivity index (χ0) is 21.4. The lowest BCUT2D eigenvalue weighted by molar-refractivity contribution is 0.0638. The maximum Gasteiger partial charge on any atom is 0.124 e. The Balaban J connectivity index is 2.52. The van der Waals surface area contributed by atoms with Gasteiger partial charge in [0.1, 0.15) is 6.08 Å². The standard InChI is InChI=1S/C15H21N3O/c1-17(2)11-12-19-15(13-7-5-4-6-8-13)14-9-10-16-18(14)3/h4-10,15H,11-12H2,1-3H3/i1D3,3D3,12D2,15D. The summed E-state index contributed by atoms with van der Waals surface area (Å²) in [5.74, 6) is 0. The second-order valence-electron chi connectivity index (χ2n) is 3.93. The quantitative estimate of drug-likeness (QED) is 0.803. The maximum atomic E-state index is 8.86. The molecule has 0 aliphatic carbocycles. The highest BCUT2D eigenvalue weighted by Gasteiger charge is 2.17. The molecule has 0 amide bonds. The van der Waals surface area contributed by atoms with Crippen LogP contribution in [0.2, 0.25) is 0 Å². The van der Waals surface area contributed by atoms with Gasteiger partial charge in [0, 0.05) is 27.9 Å². The van der Waals surface area contributed by atoms with Crippen LogP contribution in [0.25, 0.3) is 0 Å². The molecule has 0 N–H and O–H groups in total. The van der Waals surface area contributed by atoms with Crippen LogP contribution in [0.1, 0.15) is 29.7 Å². The van der Waals surface area contributed by atoms with E-state index in [1.165, 1.54) is 31.4 Å². The Morgan fingerprint density at radius 1 is 1.47 bits per heavy atom. The third-order valence-electron chi connectivity index (χ3n) is 2.39. The summed E-state index contributed by atoms with van der Waals surface area (Å²) in [5.41, 5.74) is -0.0412. The van der Waals surface area contributed by atoms with Crippen LogP contribution in [-0.4, -0.2) is 41.8 Å². The first-order chi connectivity index (χ1) is 12.7. The molecule has 0 radical (unpaired) electrons. The molecule has 4 heteroatoms. The predicted octanol–water partition coefficient (Wildman–Crippen LogP) is 2.09. The van der Waals surface area contributed by atoms with Crippen LogP contribution in [0.3, 0.4) is 0 Å². The number of aromatic nitrogens is 2. The average molecular weight is 268 g/mol. The molecule has 4 nitrogen and oxygen atoms in total. The highest BCUT2D eigenvalue weighted by molar-refractivity contribution is 5.25. The van der Waals surface area contributed by atoms with Crippen LogP contribution >= 0.6 is 0 Å². The van der Waals surface area contributed by atoms with E-state index in [4.69, 9.17) is 17.1 Å². The monoisotopic (exact) mass is 268 g/mol. The SMILES string of the molecule is [2H]C([2H])(CN(C)C([2H])([2H])[2H])OC([2H])(c1ccccc1)c1ccnn1C([2H])([2H])[2H]. The van der Waals surface area contributed by atoms with Crippen LogP contribution in [0.4, 0.5) is 0 Å². The van der Waals surface area contributed by atoms with E-state index < -0.39 is 33.1 Å². The van der Waals surface area contributed by atoms with E-state index in [1.807, 2.05) is 0 Å². The van der Waals surface area contributed by atoms with Crippen LogP contribution in [-0.2, 0) is 11.7 Å². The molecule has 0 aliphatic rings. The van der Waals surface area contributed by atoms with E-state index in [-0.39, 0.29) is 11.3 Å². The number of benzene rings is 1. The van der Waals surface area contributed by atoms with Crippen molar-refractivity contribution in [2.24, 2.45) is 6.98 Å². The van der Waals surface area contributed by atoms with Gasteiger partial charge in [0.15, 0.2) is 0 Å². The lowest BCUT2D eigenvalue weighted by Gasteiger charge is -2.20. The van der Waals surface area contributed by atoms with Crippen LogP contribution in [0.5, 0.6) is 0 Å². The van der Waals surface area contributed by atoms with E-state index in [0.717, 1.165) is 4.90 Å². The molecule has 19 heavy (non-hydrogen) atoms. The lowest BCUT2D eigenvalue weighted by atomic mass is 10.1. The molecule has 2 rings (SSSR count). The molecule has 0 bridgehead atoms. The predicted molar refractivity (Wildman–Crippen MR) is 76.0 cm³/mol. The van der Waals surface area contributed by atoms with Crippen molar-refractivity contribution >= 4 is 0 Å². The number of hydrogen-bond acceptors (Lipinski definition) is 3. The second kappa shape index (κ2) is 6.50. The zero-order valence-electron chi connectivity index (χ0n) is 19.5. The van der Waals surface area contributed by atoms with Crippen LogP contribution < -0.4 is 0 Å². The average Bonchev–Trinajstić information content (AvgIpc) is 3.04. The van der Waals surface area contributed by atoms with Gasteiger partial charge in [-0.15, -0.1) is 0 Å². The molecule has 0 saturated heterocycles. The van der Waals surface area contributed by atoms with Gasteiger partial charge in [0.25, 0.3) is 0 Å². The summed E-state index contributed by atoms with van der Waals surface area (Å²) in [4.78, 5) is 0.777. The fourth-order valence-electron chi connectivity index (χ4n) is 1.53. The molecule has 0 aliphatic heterocycles. The summed E-state index contributed by atoms with van der Waals surface area (Å²) in [6.45, 7) is -8.54. The molecule has 0 spiro atoms. The Hall–Kier alpha value is -1.65. The van der Waals surface area contributed by atoms with Crippen molar-refractivity contribution in [3.8, 4) is 0 Å². The van der Waals surface area contributed by atoms with E-state index in [2.05, 4.69) is 5.10 Å². The Bertz CT molecular complexity index is 788. The minimum Gasteiger partial charge on any atom is -0.366 e. The molecule has 0 fully saturated rings. The minimum atomic E-state index is -2.72. The van der Waals surface area contributed by atoms with Crippen molar-refractivity contribution in [3.05, 3.63) is 53.9 Å². The molecule has 1 aromatic carbocycles. The Labute approximate surface area is 127 Å². The first-order valence-corrected chi connectivity index (χ1v) is 5.69. The van der Waals surface area contributed by atoms with Crippen molar-refractivity contribution in [1.82, 2.24) is 14.7 Å². The van der Waals surface area contributed by atoms with Gasteiger partial charge in [-0.05, 0) is 25.7 Å². The number of rotatable bonds is 6. The molecule has 1 atom stereocenters. The summed E-state index contributed by atoms with van der Waals surface area (Å²) >= 11 is 0. The minimum absolute atomic E-state index is 0.168. The van der Waals surface area contributed by atoms with Gasteiger partial charge < -0.3 is 9.64 Å². The largest absolute Gasteiger partial charge is 0.366 e. The van der Waals surface area contributed by atoms with Crippen molar-refractivity contribution in [3.63, 3.8) is 0 Å². The van der Waals surface area contributed by atoms with E-state index >= 15 is 0 Å². The van der Waals surface area contributed by atoms with Gasteiger partial charge in [-0.25, -0.2) is 0 Å². The summed E-state index contributed by atoms with van der Waals surface area (Å²) in [6, 6.07) is 9.13. The third-order valence-corrected chi connectivity index (χ3v) is 2.39. The fourth-order valence-corrected chi connectivity index (χ4v) is 1.53. The highest BCUT2D eigenvalue weighted by atomic mass is 16.5. The van der Waals surface area contributed by atoms with Gasteiger partial charge in [-0.3, -0.25) is 4.68 Å². The molecule has 1 aromatic heterocycles. The van der Waals surface area contributed by atoms with E-state index in [0.29, 0.717) is 4.68 Å². The number of aryl methyl sites for hydroxylation is 1. The van der Waals surface area contributed by atoms with Crippen LogP contribution in [0.15, 0.2) is 42.6 Å². The number of nitrogens with zero attached hydrogens (tertiary/aromatic N) is 3. The maximum absolute atomic E-state index is 8.86. The molecule has 102 valence electrons. The van der Waals surface area contributed by atoms with Crippen molar-refractivity contribution in [2.75, 3.05) is 27.1 Å². The Morgan fingerprint density at radius 2 is 2.32 bits per heavy atom. The van der Waals surface area contributed by atoms with Gasteiger partial charge >= 0.3 is 0 Å². The number of hydrogen-bond donors (Lipinski definition) is 0. The third kappa shape index (κ3) is 3.66. The summed E-state index contributed by atoms with van der Waals surface area (Å²) < 4.78 is 76.2. The molecular weight excluding hydrogens is 238 g/mol. The smallest absolute Gasteiger partial charge is 0.124 e. The van der Waals surface area contributed by atoms with Gasteiger partial charge in [-0.2, -0.15) is 5.10 Å². The first kappa shape index (κ1) is 6.20. The zero-order valence-corrected chi connectivity index (χ0v) is 10.5. The lowest BCUT2D eigenvalue weighted by Crippen LogP contribution is -2.20. The Kier molecular flexibility index (Phi) is 2.12. The number of likely N-dealkylation sites (N-methyl/N-ethyl adjacent to an activating group) is 1. The van der Waals surface area contributed by atoms with Gasteiger partial charge in [0.05, 0.1) is 16.4 Å². The van der Waals surface area contributed by atoms with Gasteiger partial charge in [-0.1, -0.05) is 30.3 Å². The normalized spacial score (nSPS) is 23.6. The second-order valence-corrected chi connectivity index (χ2v) is 3.93. The van der Waals surface area contributed by atoms with E-state index in [9.17, 15) is 0 Å². The van der Waals surface area contributed by atoms with Crippen molar-refractivity contribution in [2.45, 2.75) is 6.08 Å². The fraction of sp³-hybridized carbons (Fsp3) is 0.400. The van der Waals surface area contributed by atoms with Crippen LogP contribution in [0, 0.1) is 0 Å². The molecular formula is C15H21N3O. The molecule has 0 saturated carbocycles. The highest BCUT2D eigenvalue weighted by Crippen LogP contribution is 2.25. The van der Waals surface area contributed by atoms with Crippen molar-refractivity contribution < 1.29 is 17.1 Å². The summed E-state index contributed by atoms with van der Waals surface area (Å²) in [5, 5.41) is 3.74. The molecule has 2 aromatic rings. The molecule has 1 unspecified atom stereocenters. The number of ether oxygens (including phenoxy) is 1. The van der Waals surface area contributed by atoms with Crippen molar-refractivity contribution in [1.29, 1.82) is 0 Å². The summed E-state index contributed by atoms with van der Waals surface area (Å²) in [6.07, 6.45) is -1.10. The van der Waals surface area contributed by atoms with E-state index in [1.54, 1.807) is 18.2 Å². The first-order valence-electron chi connectivity index (χ1n) is 10.2. The topological polar surface area (TPSA) is 30.3 Å². The Morgan fingerprint density at radius 3 is 3.05 bits per heavy atom.